The summed E-state index contributed by atoms with van der Waals surface area (Å²) in [5, 5.41) is 16.8. The number of anilines is 3. The molecule has 0 radical (unpaired) electrons. The second-order valence-corrected chi connectivity index (χ2v) is 12.4. The van der Waals surface area contributed by atoms with E-state index < -0.39 is 27.4 Å². The zero-order valence-corrected chi connectivity index (χ0v) is 24.1. The molecule has 0 aliphatic heterocycles. The second-order valence-electron chi connectivity index (χ2n) is 10.5. The van der Waals surface area contributed by atoms with Crippen molar-refractivity contribution in [3.63, 3.8) is 0 Å². The smallest absolute Gasteiger partial charge is 0.271 e. The van der Waals surface area contributed by atoms with Gasteiger partial charge in [0.25, 0.3) is 21.6 Å². The number of carbonyl (C=O) groups excluding carboxylic acids is 2. The van der Waals surface area contributed by atoms with Crippen LogP contribution in [0.4, 0.5) is 22.7 Å². The highest BCUT2D eigenvalue weighted by Gasteiger charge is 2.28. The molecule has 0 unspecified atom stereocenters. The average Bonchev–Trinajstić information content (AvgIpc) is 2.96. The van der Waals surface area contributed by atoms with Crippen molar-refractivity contribution in [1.82, 2.24) is 0 Å². The van der Waals surface area contributed by atoms with Crippen molar-refractivity contribution in [3.8, 4) is 0 Å². The number of nitro groups is 1. The number of carbonyl (C=O) groups is 2. The van der Waals surface area contributed by atoms with E-state index in [1.807, 2.05) is 12.1 Å². The monoisotopic (exact) mass is 586 g/mol. The Labute approximate surface area is 244 Å². The molecule has 4 aromatic carbocycles. The van der Waals surface area contributed by atoms with Gasteiger partial charge in [-0.15, -0.1) is 0 Å². The van der Waals surface area contributed by atoms with Crippen molar-refractivity contribution in [2.24, 2.45) is 0 Å². The summed E-state index contributed by atoms with van der Waals surface area (Å²) in [5.41, 5.74) is 1.89. The van der Waals surface area contributed by atoms with Crippen LogP contribution in [-0.2, 0) is 20.2 Å². The van der Waals surface area contributed by atoms with E-state index in [4.69, 9.17) is 0 Å². The number of rotatable bonds is 9. The van der Waals surface area contributed by atoms with Crippen LogP contribution in [0.25, 0.3) is 0 Å². The van der Waals surface area contributed by atoms with Crippen molar-refractivity contribution in [3.05, 3.63) is 124 Å². The van der Waals surface area contributed by atoms with Gasteiger partial charge in [0.05, 0.1) is 15.5 Å². The summed E-state index contributed by atoms with van der Waals surface area (Å²) in [6, 6.07) is 26.3. The normalized spacial score (nSPS) is 11.4. The largest absolute Gasteiger partial charge is 0.324 e. The fraction of sp³-hybridized carbons (Fsp3) is 0.161. The summed E-state index contributed by atoms with van der Waals surface area (Å²) in [6.07, 6.45) is 0. The average molecular weight is 587 g/mol. The highest BCUT2D eigenvalue weighted by Crippen LogP contribution is 2.27. The standard InChI is InChI=1S/C31H30N4O6S/c1-31(2,3)23-17-15-22(16-18-23)30(37)33-25-10-7-9-24(19-25)32-29(36)21-34(26-11-8-12-27(20-26)35(38)39)42(40,41)28-13-5-4-6-14-28/h4-20H,21H2,1-3H3,(H,32,36)(H,33,37). The van der Waals surface area contributed by atoms with Gasteiger partial charge in [-0.3, -0.25) is 24.0 Å². The molecule has 0 aromatic heterocycles. The Balaban J connectivity index is 1.53. The molecule has 0 aliphatic rings. The van der Waals surface area contributed by atoms with Gasteiger partial charge < -0.3 is 10.6 Å². The Kier molecular flexibility index (Phi) is 8.72. The maximum atomic E-state index is 13.5. The van der Waals surface area contributed by atoms with Crippen LogP contribution in [0.15, 0.2) is 108 Å². The van der Waals surface area contributed by atoms with Gasteiger partial charge in [-0.1, -0.05) is 63.2 Å². The molecule has 0 spiro atoms. The molecule has 0 bridgehead atoms. The molecule has 0 saturated carbocycles. The fourth-order valence-electron chi connectivity index (χ4n) is 4.13. The fourth-order valence-corrected chi connectivity index (χ4v) is 5.56. The van der Waals surface area contributed by atoms with Crippen molar-refractivity contribution < 1.29 is 22.9 Å². The number of hydrogen-bond acceptors (Lipinski definition) is 6. The molecule has 2 N–H and O–H groups in total. The highest BCUT2D eigenvalue weighted by molar-refractivity contribution is 7.92. The van der Waals surface area contributed by atoms with Gasteiger partial charge in [-0.05, 0) is 59.5 Å². The summed E-state index contributed by atoms with van der Waals surface area (Å²) in [6.45, 7) is 5.60. The number of nitrogens with one attached hydrogen (secondary N) is 2. The first kappa shape index (κ1) is 29.9. The van der Waals surface area contributed by atoms with Gasteiger partial charge in [0.1, 0.15) is 6.54 Å². The Morgan fingerprint density at radius 2 is 1.43 bits per heavy atom. The Hall–Kier alpha value is -5.03. The van der Waals surface area contributed by atoms with Crippen LogP contribution >= 0.6 is 0 Å². The molecule has 0 aliphatic carbocycles. The van der Waals surface area contributed by atoms with Crippen molar-refractivity contribution in [2.75, 3.05) is 21.5 Å². The maximum Gasteiger partial charge on any atom is 0.271 e. The van der Waals surface area contributed by atoms with Crippen molar-refractivity contribution >= 4 is 44.6 Å². The molecule has 2 amide bonds. The maximum absolute atomic E-state index is 13.5. The first-order valence-corrected chi connectivity index (χ1v) is 14.4. The lowest BCUT2D eigenvalue weighted by Crippen LogP contribution is -2.38. The molecular weight excluding hydrogens is 556 g/mol. The molecule has 0 fully saturated rings. The van der Waals surface area contributed by atoms with Gasteiger partial charge in [-0.2, -0.15) is 0 Å². The summed E-state index contributed by atoms with van der Waals surface area (Å²) in [4.78, 5) is 36.6. The van der Waals surface area contributed by atoms with Gasteiger partial charge in [-0.25, -0.2) is 8.42 Å². The van der Waals surface area contributed by atoms with E-state index in [0.29, 0.717) is 16.9 Å². The van der Waals surface area contributed by atoms with Gasteiger partial charge in [0, 0.05) is 29.1 Å². The minimum absolute atomic E-state index is 0.0401. The topological polar surface area (TPSA) is 139 Å². The molecule has 0 heterocycles. The molecule has 10 nitrogen and oxygen atoms in total. The first-order valence-electron chi connectivity index (χ1n) is 13.0. The predicted octanol–water partition coefficient (Wildman–Crippen LogP) is 5.98. The highest BCUT2D eigenvalue weighted by atomic mass is 32.2. The van der Waals surface area contributed by atoms with Crippen LogP contribution in [0.1, 0.15) is 36.7 Å². The van der Waals surface area contributed by atoms with Crippen LogP contribution in [0.2, 0.25) is 0 Å². The molecular formula is C31H30N4O6S. The van der Waals surface area contributed by atoms with Crippen LogP contribution in [0.5, 0.6) is 0 Å². The van der Waals surface area contributed by atoms with E-state index in [2.05, 4.69) is 31.4 Å². The lowest BCUT2D eigenvalue weighted by molar-refractivity contribution is -0.384. The molecule has 216 valence electrons. The number of sulfonamides is 1. The quantitative estimate of drug-likeness (QED) is 0.183. The van der Waals surface area contributed by atoms with Crippen LogP contribution in [0, 0.1) is 10.1 Å². The van der Waals surface area contributed by atoms with E-state index in [0.717, 1.165) is 15.9 Å². The van der Waals surface area contributed by atoms with Crippen LogP contribution < -0.4 is 14.9 Å². The van der Waals surface area contributed by atoms with Gasteiger partial charge >= 0.3 is 0 Å². The number of benzene rings is 4. The molecule has 4 aromatic rings. The summed E-state index contributed by atoms with van der Waals surface area (Å²) in [7, 11) is -4.26. The zero-order chi connectivity index (χ0) is 30.5. The zero-order valence-electron chi connectivity index (χ0n) is 23.3. The second kappa shape index (κ2) is 12.2. The third-order valence-electron chi connectivity index (χ3n) is 6.36. The predicted molar refractivity (Wildman–Crippen MR) is 162 cm³/mol. The number of amides is 2. The Morgan fingerprint density at radius 1 is 0.810 bits per heavy atom. The van der Waals surface area contributed by atoms with Gasteiger partial charge in [0.15, 0.2) is 0 Å². The molecule has 11 heteroatoms. The van der Waals surface area contributed by atoms with Crippen molar-refractivity contribution in [1.29, 1.82) is 0 Å². The summed E-state index contributed by atoms with van der Waals surface area (Å²) in [5.74, 6) is -1.02. The third kappa shape index (κ3) is 7.18. The summed E-state index contributed by atoms with van der Waals surface area (Å²) < 4.78 is 27.8. The molecule has 0 atom stereocenters. The van der Waals surface area contributed by atoms with E-state index in [1.165, 1.54) is 42.5 Å². The number of nitro benzene ring substituents is 1. The summed E-state index contributed by atoms with van der Waals surface area (Å²) >= 11 is 0. The molecule has 0 saturated heterocycles. The minimum atomic E-state index is -4.26. The number of hydrogen-bond donors (Lipinski definition) is 2. The van der Waals surface area contributed by atoms with Crippen molar-refractivity contribution in [2.45, 2.75) is 31.1 Å². The SMILES string of the molecule is CC(C)(C)c1ccc(C(=O)Nc2cccc(NC(=O)CN(c3cccc([N+](=O)[O-])c3)S(=O)(=O)c3ccccc3)c2)cc1. The third-order valence-corrected chi connectivity index (χ3v) is 8.15. The number of nitrogens with zero attached hydrogens (tertiary/aromatic N) is 2. The molecule has 42 heavy (non-hydrogen) atoms. The van der Waals surface area contributed by atoms with E-state index in [-0.39, 0.29) is 27.6 Å². The van der Waals surface area contributed by atoms with Gasteiger partial charge in [0.2, 0.25) is 5.91 Å². The van der Waals surface area contributed by atoms with E-state index in [9.17, 15) is 28.1 Å². The van der Waals surface area contributed by atoms with Crippen LogP contribution in [-0.4, -0.2) is 31.7 Å². The lowest BCUT2D eigenvalue weighted by Gasteiger charge is -2.24. The lowest BCUT2D eigenvalue weighted by atomic mass is 9.87. The minimum Gasteiger partial charge on any atom is -0.324 e. The van der Waals surface area contributed by atoms with E-state index >= 15 is 0 Å². The Morgan fingerprint density at radius 3 is 2.05 bits per heavy atom. The first-order chi connectivity index (χ1) is 19.8. The number of non-ortho nitro benzene ring substituents is 1. The van der Waals surface area contributed by atoms with E-state index in [1.54, 1.807) is 42.5 Å². The molecule has 4 rings (SSSR count). The van der Waals surface area contributed by atoms with Crippen LogP contribution in [0.3, 0.4) is 0 Å². The Bertz CT molecular complexity index is 1720.